The van der Waals surface area contributed by atoms with Crippen molar-refractivity contribution in [2.45, 2.75) is 0 Å². The highest BCUT2D eigenvalue weighted by Gasteiger charge is 2.12. The molecule has 0 aliphatic heterocycles. The quantitative estimate of drug-likeness (QED) is 0.906. The van der Waals surface area contributed by atoms with Gasteiger partial charge in [0.1, 0.15) is 17.4 Å². The van der Waals surface area contributed by atoms with Crippen molar-refractivity contribution in [1.29, 1.82) is 10.5 Å². The van der Waals surface area contributed by atoms with E-state index in [0.717, 1.165) is 6.07 Å². The third-order valence-electron chi connectivity index (χ3n) is 2.65. The number of carbonyl (C=O) groups excluding carboxylic acids is 1. The third kappa shape index (κ3) is 2.63. The van der Waals surface area contributed by atoms with Gasteiger partial charge in [-0.1, -0.05) is 6.07 Å². The normalized spacial score (nSPS) is 9.35. The van der Waals surface area contributed by atoms with Crippen LogP contribution in [-0.4, -0.2) is 5.91 Å². The lowest BCUT2D eigenvalue weighted by molar-refractivity contribution is 0.102. The Morgan fingerprint density at radius 1 is 1.05 bits per heavy atom. The molecule has 0 heterocycles. The zero-order chi connectivity index (χ0) is 14.5. The number of nitrogens with one attached hydrogen (secondary N) is 1. The predicted molar refractivity (Wildman–Crippen MR) is 70.2 cm³/mol. The van der Waals surface area contributed by atoms with E-state index in [1.54, 1.807) is 6.07 Å². The van der Waals surface area contributed by atoms with Crippen LogP contribution in [0.1, 0.15) is 21.5 Å². The SMILES string of the molecule is N#Cc1ccc(C(=O)Nc2cccc(F)c2C#N)cc1. The van der Waals surface area contributed by atoms with Gasteiger partial charge in [0.25, 0.3) is 5.91 Å². The Hall–Kier alpha value is -3.18. The van der Waals surface area contributed by atoms with Gasteiger partial charge in [-0.25, -0.2) is 4.39 Å². The van der Waals surface area contributed by atoms with Gasteiger partial charge in [-0.3, -0.25) is 4.79 Å². The fraction of sp³-hybridized carbons (Fsp3) is 0. The van der Waals surface area contributed by atoms with E-state index in [-0.39, 0.29) is 11.3 Å². The minimum Gasteiger partial charge on any atom is -0.321 e. The van der Waals surface area contributed by atoms with E-state index in [1.807, 2.05) is 6.07 Å². The molecule has 0 saturated heterocycles. The summed E-state index contributed by atoms with van der Waals surface area (Å²) in [5.41, 5.74) is 0.651. The lowest BCUT2D eigenvalue weighted by Gasteiger charge is -2.07. The average molecular weight is 265 g/mol. The Kier molecular flexibility index (Phi) is 3.74. The number of nitriles is 2. The topological polar surface area (TPSA) is 76.7 Å². The minimum atomic E-state index is -0.690. The van der Waals surface area contributed by atoms with Gasteiger partial charge in [-0.2, -0.15) is 10.5 Å². The van der Waals surface area contributed by atoms with Crippen LogP contribution in [0.3, 0.4) is 0 Å². The number of amides is 1. The van der Waals surface area contributed by atoms with Crippen molar-refractivity contribution in [2.24, 2.45) is 0 Å². The molecule has 5 heteroatoms. The first-order chi connectivity index (χ1) is 9.65. The number of rotatable bonds is 2. The van der Waals surface area contributed by atoms with E-state index < -0.39 is 11.7 Å². The third-order valence-corrected chi connectivity index (χ3v) is 2.65. The Balaban J connectivity index is 2.26. The number of benzene rings is 2. The Labute approximate surface area is 114 Å². The van der Waals surface area contributed by atoms with Crippen molar-refractivity contribution in [1.82, 2.24) is 0 Å². The van der Waals surface area contributed by atoms with Gasteiger partial charge in [0, 0.05) is 5.56 Å². The number of hydrogen-bond donors (Lipinski definition) is 1. The number of halogens is 1. The molecule has 0 radical (unpaired) electrons. The average Bonchev–Trinajstić information content (AvgIpc) is 2.47. The largest absolute Gasteiger partial charge is 0.321 e. The first-order valence-corrected chi connectivity index (χ1v) is 5.66. The maximum Gasteiger partial charge on any atom is 0.255 e. The second-order valence-electron chi connectivity index (χ2n) is 3.92. The summed E-state index contributed by atoms with van der Waals surface area (Å²) < 4.78 is 13.4. The van der Waals surface area contributed by atoms with Crippen LogP contribution in [0.2, 0.25) is 0 Å². The number of hydrogen-bond acceptors (Lipinski definition) is 3. The summed E-state index contributed by atoms with van der Waals surface area (Å²) in [7, 11) is 0. The first kappa shape index (κ1) is 13.3. The van der Waals surface area contributed by atoms with Gasteiger partial charge < -0.3 is 5.32 Å². The fourth-order valence-corrected chi connectivity index (χ4v) is 1.63. The van der Waals surface area contributed by atoms with Crippen LogP contribution in [-0.2, 0) is 0 Å². The van der Waals surface area contributed by atoms with Crippen molar-refractivity contribution in [3.8, 4) is 12.1 Å². The highest BCUT2D eigenvalue weighted by atomic mass is 19.1. The van der Waals surface area contributed by atoms with Crippen LogP contribution in [0.5, 0.6) is 0 Å². The van der Waals surface area contributed by atoms with E-state index in [2.05, 4.69) is 5.32 Å². The van der Waals surface area contributed by atoms with E-state index in [4.69, 9.17) is 10.5 Å². The van der Waals surface area contributed by atoms with Crippen molar-refractivity contribution in [2.75, 3.05) is 5.32 Å². The zero-order valence-corrected chi connectivity index (χ0v) is 10.2. The lowest BCUT2D eigenvalue weighted by Crippen LogP contribution is -2.13. The molecule has 0 aliphatic carbocycles. The Morgan fingerprint density at radius 2 is 1.75 bits per heavy atom. The van der Waals surface area contributed by atoms with E-state index in [1.165, 1.54) is 36.4 Å². The van der Waals surface area contributed by atoms with Gasteiger partial charge in [-0.05, 0) is 36.4 Å². The zero-order valence-electron chi connectivity index (χ0n) is 10.2. The molecule has 0 fully saturated rings. The van der Waals surface area contributed by atoms with Gasteiger partial charge in [0.05, 0.1) is 17.3 Å². The molecule has 2 rings (SSSR count). The molecule has 1 N–H and O–H groups in total. The standard InChI is InChI=1S/C15H8FN3O/c16-13-2-1-3-14(12(13)9-18)19-15(20)11-6-4-10(8-17)5-7-11/h1-7H,(H,19,20). The summed E-state index contributed by atoms with van der Waals surface area (Å²) in [5.74, 6) is -1.17. The summed E-state index contributed by atoms with van der Waals surface area (Å²) in [5, 5.41) is 20.0. The molecule has 0 aromatic heterocycles. The molecule has 0 unspecified atom stereocenters. The summed E-state index contributed by atoms with van der Waals surface area (Å²) in [4.78, 5) is 12.0. The minimum absolute atomic E-state index is 0.113. The van der Waals surface area contributed by atoms with E-state index in [0.29, 0.717) is 11.1 Å². The Morgan fingerprint density at radius 3 is 2.35 bits per heavy atom. The van der Waals surface area contributed by atoms with Crippen molar-refractivity contribution in [3.05, 3.63) is 65.0 Å². The molecule has 1 amide bonds. The van der Waals surface area contributed by atoms with Crippen molar-refractivity contribution < 1.29 is 9.18 Å². The molecule has 20 heavy (non-hydrogen) atoms. The predicted octanol–water partition coefficient (Wildman–Crippen LogP) is 2.82. The monoisotopic (exact) mass is 265 g/mol. The van der Waals surface area contributed by atoms with Crippen molar-refractivity contribution in [3.63, 3.8) is 0 Å². The van der Waals surface area contributed by atoms with Crippen LogP contribution in [0.4, 0.5) is 10.1 Å². The van der Waals surface area contributed by atoms with Gasteiger partial charge in [0.15, 0.2) is 0 Å². The summed E-state index contributed by atoms with van der Waals surface area (Å²) in [6.45, 7) is 0. The summed E-state index contributed by atoms with van der Waals surface area (Å²) >= 11 is 0. The van der Waals surface area contributed by atoms with Crippen LogP contribution in [0, 0.1) is 28.5 Å². The molecule has 0 saturated carbocycles. The van der Waals surface area contributed by atoms with Crippen LogP contribution in [0.25, 0.3) is 0 Å². The number of anilines is 1. The molecule has 0 aliphatic rings. The maximum atomic E-state index is 13.4. The maximum absolute atomic E-state index is 13.4. The molecule has 0 atom stereocenters. The van der Waals surface area contributed by atoms with Gasteiger partial charge in [0.2, 0.25) is 0 Å². The number of nitrogens with zero attached hydrogens (tertiary/aromatic N) is 2. The van der Waals surface area contributed by atoms with Crippen LogP contribution >= 0.6 is 0 Å². The summed E-state index contributed by atoms with van der Waals surface area (Å²) in [6.07, 6.45) is 0. The van der Waals surface area contributed by atoms with Gasteiger partial charge >= 0.3 is 0 Å². The second-order valence-corrected chi connectivity index (χ2v) is 3.92. The molecule has 0 spiro atoms. The molecule has 96 valence electrons. The highest BCUT2D eigenvalue weighted by Crippen LogP contribution is 2.18. The highest BCUT2D eigenvalue weighted by molar-refractivity contribution is 6.04. The van der Waals surface area contributed by atoms with E-state index >= 15 is 0 Å². The van der Waals surface area contributed by atoms with Crippen molar-refractivity contribution >= 4 is 11.6 Å². The van der Waals surface area contributed by atoms with Gasteiger partial charge in [-0.15, -0.1) is 0 Å². The molecular weight excluding hydrogens is 257 g/mol. The van der Waals surface area contributed by atoms with Crippen LogP contribution in [0.15, 0.2) is 42.5 Å². The molecule has 2 aromatic carbocycles. The number of carbonyl (C=O) groups is 1. The molecule has 2 aromatic rings. The molecule has 4 nitrogen and oxygen atoms in total. The van der Waals surface area contributed by atoms with E-state index in [9.17, 15) is 9.18 Å². The molecular formula is C15H8FN3O. The lowest BCUT2D eigenvalue weighted by atomic mass is 10.1. The Bertz CT molecular complexity index is 739. The molecule has 0 bridgehead atoms. The van der Waals surface area contributed by atoms with Crippen LogP contribution < -0.4 is 5.32 Å². The first-order valence-electron chi connectivity index (χ1n) is 5.66. The smallest absolute Gasteiger partial charge is 0.255 e. The summed E-state index contributed by atoms with van der Waals surface area (Å²) in [6, 6.07) is 13.6. The fourth-order valence-electron chi connectivity index (χ4n) is 1.63. The second kappa shape index (κ2) is 5.64.